The van der Waals surface area contributed by atoms with Crippen LogP contribution in [0.4, 0.5) is 0 Å². The normalized spacial score (nSPS) is 16.7. The third-order valence-corrected chi connectivity index (χ3v) is 3.74. The predicted molar refractivity (Wildman–Crippen MR) is 69.5 cm³/mol. The molecule has 0 heterocycles. The van der Waals surface area contributed by atoms with Crippen molar-refractivity contribution in [1.29, 1.82) is 0 Å². The largest absolute Gasteiger partial charge is 0.496 e. The maximum absolute atomic E-state index is 10.2. The summed E-state index contributed by atoms with van der Waals surface area (Å²) in [4.78, 5) is 0. The van der Waals surface area contributed by atoms with Gasteiger partial charge < -0.3 is 14.6 Å². The van der Waals surface area contributed by atoms with E-state index in [-0.39, 0.29) is 0 Å². The molecule has 1 saturated carbocycles. The Morgan fingerprint density at radius 1 is 1.29 bits per heavy atom. The Balaban J connectivity index is 2.28. The number of benzene rings is 1. The van der Waals surface area contributed by atoms with Gasteiger partial charge in [0.2, 0.25) is 0 Å². The van der Waals surface area contributed by atoms with Gasteiger partial charge in [0.15, 0.2) is 0 Å². The summed E-state index contributed by atoms with van der Waals surface area (Å²) >= 11 is 3.41. The van der Waals surface area contributed by atoms with E-state index in [0.29, 0.717) is 11.7 Å². The number of hydrogen-bond acceptors (Lipinski definition) is 3. The zero-order chi connectivity index (χ0) is 12.4. The summed E-state index contributed by atoms with van der Waals surface area (Å²) in [5.74, 6) is 2.09. The van der Waals surface area contributed by atoms with Gasteiger partial charge in [0.05, 0.1) is 24.8 Å². The highest BCUT2D eigenvalue weighted by Gasteiger charge is 2.27. The van der Waals surface area contributed by atoms with E-state index in [9.17, 15) is 5.11 Å². The molecule has 0 aliphatic heterocycles. The lowest BCUT2D eigenvalue weighted by molar-refractivity contribution is 0.156. The number of methoxy groups -OCH3 is 2. The lowest BCUT2D eigenvalue weighted by Gasteiger charge is -2.16. The van der Waals surface area contributed by atoms with E-state index in [4.69, 9.17) is 9.47 Å². The highest BCUT2D eigenvalue weighted by Crippen LogP contribution is 2.42. The average molecular weight is 301 g/mol. The second-order valence-electron chi connectivity index (χ2n) is 4.42. The molecule has 0 saturated heterocycles. The highest BCUT2D eigenvalue weighted by molar-refractivity contribution is 9.10. The topological polar surface area (TPSA) is 38.7 Å². The lowest BCUT2D eigenvalue weighted by Crippen LogP contribution is -2.02. The third kappa shape index (κ3) is 2.93. The van der Waals surface area contributed by atoms with Crippen LogP contribution in [0.3, 0.4) is 0 Å². The van der Waals surface area contributed by atoms with E-state index < -0.39 is 6.10 Å². The van der Waals surface area contributed by atoms with Crippen LogP contribution in [0.2, 0.25) is 0 Å². The number of aliphatic hydroxyl groups is 1. The molecule has 0 bridgehead atoms. The van der Waals surface area contributed by atoms with Crippen molar-refractivity contribution < 1.29 is 14.6 Å². The Labute approximate surface area is 110 Å². The van der Waals surface area contributed by atoms with E-state index in [1.807, 2.05) is 12.1 Å². The molecule has 3 nitrogen and oxygen atoms in total. The summed E-state index contributed by atoms with van der Waals surface area (Å²) in [6.07, 6.45) is 2.79. The first-order chi connectivity index (χ1) is 8.15. The maximum Gasteiger partial charge on any atom is 0.133 e. The molecule has 1 atom stereocenters. The van der Waals surface area contributed by atoms with Crippen molar-refractivity contribution in [2.75, 3.05) is 14.2 Å². The summed E-state index contributed by atoms with van der Waals surface area (Å²) < 4.78 is 11.4. The molecule has 1 aliphatic carbocycles. The standard InChI is InChI=1S/C13H17BrO3/c1-16-12-7-10(14)13(17-2)6-9(12)11(15)5-8-3-4-8/h6-8,11,15H,3-5H2,1-2H3. The smallest absolute Gasteiger partial charge is 0.133 e. The van der Waals surface area contributed by atoms with E-state index in [1.54, 1.807) is 14.2 Å². The Hall–Kier alpha value is -0.740. The summed E-state index contributed by atoms with van der Waals surface area (Å²) in [7, 11) is 3.23. The van der Waals surface area contributed by atoms with Crippen LogP contribution in [-0.2, 0) is 0 Å². The monoisotopic (exact) mass is 300 g/mol. The molecular formula is C13H17BrO3. The van der Waals surface area contributed by atoms with Crippen molar-refractivity contribution in [1.82, 2.24) is 0 Å². The zero-order valence-electron chi connectivity index (χ0n) is 10.1. The van der Waals surface area contributed by atoms with Gasteiger partial charge in [-0.05, 0) is 40.4 Å². The van der Waals surface area contributed by atoms with Crippen molar-refractivity contribution in [2.24, 2.45) is 5.92 Å². The molecule has 1 fully saturated rings. The first-order valence-electron chi connectivity index (χ1n) is 5.75. The Morgan fingerprint density at radius 2 is 1.94 bits per heavy atom. The number of halogens is 1. The van der Waals surface area contributed by atoms with Crippen LogP contribution >= 0.6 is 15.9 Å². The fourth-order valence-electron chi connectivity index (χ4n) is 1.94. The molecule has 1 aromatic carbocycles. The van der Waals surface area contributed by atoms with Gasteiger partial charge >= 0.3 is 0 Å². The van der Waals surface area contributed by atoms with Crippen molar-refractivity contribution in [2.45, 2.75) is 25.4 Å². The SMILES string of the molecule is COc1cc(C(O)CC2CC2)c(OC)cc1Br. The molecule has 2 rings (SSSR count). The van der Waals surface area contributed by atoms with Crippen molar-refractivity contribution in [3.05, 3.63) is 22.2 Å². The highest BCUT2D eigenvalue weighted by atomic mass is 79.9. The maximum atomic E-state index is 10.2. The summed E-state index contributed by atoms with van der Waals surface area (Å²) in [6.45, 7) is 0. The molecule has 1 N–H and O–H groups in total. The van der Waals surface area contributed by atoms with Crippen LogP contribution in [0, 0.1) is 5.92 Å². The van der Waals surface area contributed by atoms with Crippen molar-refractivity contribution in [3.63, 3.8) is 0 Å². The van der Waals surface area contributed by atoms with Gasteiger partial charge in [0, 0.05) is 5.56 Å². The number of hydrogen-bond donors (Lipinski definition) is 1. The average Bonchev–Trinajstić information content (AvgIpc) is 3.12. The van der Waals surface area contributed by atoms with Crippen LogP contribution < -0.4 is 9.47 Å². The first kappa shape index (κ1) is 12.7. The quantitative estimate of drug-likeness (QED) is 0.907. The molecule has 1 aromatic rings. The van der Waals surface area contributed by atoms with Crippen LogP contribution in [0.25, 0.3) is 0 Å². The van der Waals surface area contributed by atoms with Gasteiger partial charge in [-0.2, -0.15) is 0 Å². The molecule has 0 aromatic heterocycles. The van der Waals surface area contributed by atoms with Gasteiger partial charge in [-0.25, -0.2) is 0 Å². The number of ether oxygens (including phenoxy) is 2. The molecular weight excluding hydrogens is 284 g/mol. The summed E-state index contributed by atoms with van der Waals surface area (Å²) in [6, 6.07) is 3.68. The van der Waals surface area contributed by atoms with Crippen LogP contribution in [0.5, 0.6) is 11.5 Å². The molecule has 94 valence electrons. The molecule has 1 aliphatic rings. The number of aliphatic hydroxyl groups excluding tert-OH is 1. The Kier molecular flexibility index (Phi) is 3.94. The number of rotatable bonds is 5. The molecule has 0 spiro atoms. The van der Waals surface area contributed by atoms with Crippen LogP contribution in [0.15, 0.2) is 16.6 Å². The Morgan fingerprint density at radius 3 is 2.47 bits per heavy atom. The minimum absolute atomic E-state index is 0.473. The van der Waals surface area contributed by atoms with Gasteiger partial charge in [0.1, 0.15) is 11.5 Å². The van der Waals surface area contributed by atoms with E-state index >= 15 is 0 Å². The van der Waals surface area contributed by atoms with Crippen molar-refractivity contribution >= 4 is 15.9 Å². The second-order valence-corrected chi connectivity index (χ2v) is 5.28. The van der Waals surface area contributed by atoms with Gasteiger partial charge in [-0.15, -0.1) is 0 Å². The van der Waals surface area contributed by atoms with Gasteiger partial charge in [0.25, 0.3) is 0 Å². The summed E-state index contributed by atoms with van der Waals surface area (Å²) in [5, 5.41) is 10.2. The fourth-order valence-corrected chi connectivity index (χ4v) is 2.42. The molecule has 0 radical (unpaired) electrons. The van der Waals surface area contributed by atoms with Gasteiger partial charge in [-0.1, -0.05) is 12.8 Å². The van der Waals surface area contributed by atoms with Crippen molar-refractivity contribution in [3.8, 4) is 11.5 Å². The first-order valence-corrected chi connectivity index (χ1v) is 6.54. The molecule has 17 heavy (non-hydrogen) atoms. The predicted octanol–water partition coefficient (Wildman–Crippen LogP) is 3.30. The van der Waals surface area contributed by atoms with Crippen LogP contribution in [0.1, 0.15) is 30.9 Å². The summed E-state index contributed by atoms with van der Waals surface area (Å²) in [5.41, 5.74) is 0.805. The fraction of sp³-hybridized carbons (Fsp3) is 0.538. The minimum atomic E-state index is -0.473. The molecule has 0 amide bonds. The lowest BCUT2D eigenvalue weighted by atomic mass is 10.0. The minimum Gasteiger partial charge on any atom is -0.496 e. The second kappa shape index (κ2) is 5.27. The van der Waals surface area contributed by atoms with E-state index in [1.165, 1.54) is 12.8 Å². The zero-order valence-corrected chi connectivity index (χ0v) is 11.7. The van der Waals surface area contributed by atoms with E-state index in [0.717, 1.165) is 22.2 Å². The molecule has 4 heteroatoms. The van der Waals surface area contributed by atoms with Crippen LogP contribution in [-0.4, -0.2) is 19.3 Å². The van der Waals surface area contributed by atoms with Gasteiger partial charge in [-0.3, -0.25) is 0 Å². The Bertz CT molecular complexity index is 402. The molecule has 1 unspecified atom stereocenters. The third-order valence-electron chi connectivity index (χ3n) is 3.12. The van der Waals surface area contributed by atoms with E-state index in [2.05, 4.69) is 15.9 Å².